The van der Waals surface area contributed by atoms with E-state index < -0.39 is 12.0 Å². The molecule has 0 aromatic carbocycles. The van der Waals surface area contributed by atoms with Gasteiger partial charge in [-0.1, -0.05) is 40.5 Å². The van der Waals surface area contributed by atoms with Crippen LogP contribution < -0.4 is 10.6 Å². The van der Waals surface area contributed by atoms with E-state index in [9.17, 15) is 14.7 Å². The van der Waals surface area contributed by atoms with Crippen LogP contribution in [0.15, 0.2) is 0 Å². The van der Waals surface area contributed by atoms with E-state index in [4.69, 9.17) is 0 Å². The molecule has 1 aliphatic rings. The fourth-order valence-electron chi connectivity index (χ4n) is 3.06. The third-order valence-electron chi connectivity index (χ3n) is 4.83. The number of aliphatic carboxylic acids is 1. The Morgan fingerprint density at radius 1 is 1.30 bits per heavy atom. The summed E-state index contributed by atoms with van der Waals surface area (Å²) in [6.45, 7) is 8.10. The summed E-state index contributed by atoms with van der Waals surface area (Å²) in [4.78, 5) is 23.2. The summed E-state index contributed by atoms with van der Waals surface area (Å²) >= 11 is 0. The van der Waals surface area contributed by atoms with E-state index in [0.29, 0.717) is 11.8 Å². The lowest BCUT2D eigenvalue weighted by atomic mass is 9.93. The van der Waals surface area contributed by atoms with Gasteiger partial charge in [-0.15, -0.1) is 0 Å². The van der Waals surface area contributed by atoms with E-state index >= 15 is 0 Å². The van der Waals surface area contributed by atoms with Crippen LogP contribution in [0, 0.1) is 17.8 Å². The summed E-state index contributed by atoms with van der Waals surface area (Å²) in [7, 11) is 0. The smallest absolute Gasteiger partial charge is 0.326 e. The summed E-state index contributed by atoms with van der Waals surface area (Å²) in [5.74, 6) is 0.0609. The molecule has 0 aromatic rings. The molecule has 116 valence electrons. The fraction of sp³-hybridized carbons (Fsp3) is 0.867. The van der Waals surface area contributed by atoms with E-state index in [0.717, 1.165) is 25.7 Å². The summed E-state index contributed by atoms with van der Waals surface area (Å²) in [5.41, 5.74) is 0. The minimum Gasteiger partial charge on any atom is -0.480 e. The zero-order valence-electron chi connectivity index (χ0n) is 13.0. The Hall–Kier alpha value is -1.26. The van der Waals surface area contributed by atoms with Gasteiger partial charge in [0.15, 0.2) is 0 Å². The van der Waals surface area contributed by atoms with E-state index in [1.165, 1.54) is 0 Å². The Morgan fingerprint density at radius 3 is 2.40 bits per heavy atom. The fourth-order valence-corrected chi connectivity index (χ4v) is 3.06. The van der Waals surface area contributed by atoms with Crippen LogP contribution in [0.3, 0.4) is 0 Å². The van der Waals surface area contributed by atoms with Crippen LogP contribution in [0.25, 0.3) is 0 Å². The van der Waals surface area contributed by atoms with Crippen LogP contribution >= 0.6 is 0 Å². The number of carboxylic acids is 1. The second-order valence-electron chi connectivity index (χ2n) is 6.03. The largest absolute Gasteiger partial charge is 0.480 e. The highest BCUT2D eigenvalue weighted by atomic mass is 16.4. The van der Waals surface area contributed by atoms with Crippen LogP contribution in [-0.4, -0.2) is 29.2 Å². The lowest BCUT2D eigenvalue weighted by molar-refractivity contribution is -0.140. The number of carboxylic acid groups (broad SMARTS) is 1. The van der Waals surface area contributed by atoms with Crippen molar-refractivity contribution in [3.05, 3.63) is 0 Å². The standard InChI is InChI=1S/C15H28N2O3/c1-5-9(3)13(14(18)19)17-15(20)16-12-8-7-11(6-2)10(12)4/h9-13H,5-8H2,1-4H3,(H,18,19)(H2,16,17,20). The van der Waals surface area contributed by atoms with Crippen LogP contribution in [-0.2, 0) is 4.79 Å². The Kier molecular flexibility index (Phi) is 6.30. The first-order valence-electron chi connectivity index (χ1n) is 7.70. The van der Waals surface area contributed by atoms with E-state index in [1.54, 1.807) is 0 Å². The summed E-state index contributed by atoms with van der Waals surface area (Å²) in [6, 6.07) is -1.02. The van der Waals surface area contributed by atoms with Gasteiger partial charge < -0.3 is 15.7 Å². The number of urea groups is 1. The maximum atomic E-state index is 12.0. The third-order valence-corrected chi connectivity index (χ3v) is 4.83. The minimum atomic E-state index is -0.972. The van der Waals surface area contributed by atoms with E-state index in [2.05, 4.69) is 24.5 Å². The van der Waals surface area contributed by atoms with Gasteiger partial charge in [0.1, 0.15) is 6.04 Å². The number of carbonyl (C=O) groups excluding carboxylic acids is 1. The molecule has 5 heteroatoms. The number of amides is 2. The Morgan fingerprint density at radius 2 is 1.95 bits per heavy atom. The summed E-state index contributed by atoms with van der Waals surface area (Å²) < 4.78 is 0. The molecule has 5 atom stereocenters. The SMILES string of the molecule is CCC(C)C(NC(=O)NC1CCC(CC)C1C)C(=O)O. The molecule has 3 N–H and O–H groups in total. The van der Waals surface area contributed by atoms with Crippen molar-refractivity contribution in [3.8, 4) is 0 Å². The number of carbonyl (C=O) groups is 2. The highest BCUT2D eigenvalue weighted by Crippen LogP contribution is 2.33. The predicted molar refractivity (Wildman–Crippen MR) is 78.5 cm³/mol. The first kappa shape index (κ1) is 16.8. The van der Waals surface area contributed by atoms with Gasteiger partial charge in [-0.25, -0.2) is 9.59 Å². The van der Waals surface area contributed by atoms with Crippen molar-refractivity contribution in [2.75, 3.05) is 0 Å². The van der Waals surface area contributed by atoms with Gasteiger partial charge in [0, 0.05) is 6.04 Å². The molecule has 1 rings (SSSR count). The van der Waals surface area contributed by atoms with E-state index in [-0.39, 0.29) is 18.0 Å². The molecule has 1 fully saturated rings. The first-order chi connectivity index (χ1) is 9.40. The van der Waals surface area contributed by atoms with Crippen molar-refractivity contribution in [1.29, 1.82) is 0 Å². The van der Waals surface area contributed by atoms with Gasteiger partial charge in [0.05, 0.1) is 0 Å². The lowest BCUT2D eigenvalue weighted by Gasteiger charge is -2.24. The molecule has 5 unspecified atom stereocenters. The molecular weight excluding hydrogens is 256 g/mol. The topological polar surface area (TPSA) is 78.4 Å². The highest BCUT2D eigenvalue weighted by Gasteiger charge is 2.33. The number of hydrogen-bond donors (Lipinski definition) is 3. The monoisotopic (exact) mass is 284 g/mol. The first-order valence-corrected chi connectivity index (χ1v) is 7.70. The van der Waals surface area contributed by atoms with Gasteiger partial charge in [-0.3, -0.25) is 0 Å². The van der Waals surface area contributed by atoms with E-state index in [1.807, 2.05) is 13.8 Å². The molecule has 0 aliphatic heterocycles. The number of hydrogen-bond acceptors (Lipinski definition) is 2. The van der Waals surface area contributed by atoms with Crippen LogP contribution in [0.4, 0.5) is 4.79 Å². The van der Waals surface area contributed by atoms with Gasteiger partial charge in [0.25, 0.3) is 0 Å². The second-order valence-corrected chi connectivity index (χ2v) is 6.03. The van der Waals surface area contributed by atoms with Crippen LogP contribution in [0.1, 0.15) is 53.4 Å². The van der Waals surface area contributed by atoms with Gasteiger partial charge in [-0.2, -0.15) is 0 Å². The Labute approximate surface area is 121 Å². The Bertz CT molecular complexity index is 346. The normalized spacial score (nSPS) is 28.7. The van der Waals surface area contributed by atoms with Crippen molar-refractivity contribution in [1.82, 2.24) is 10.6 Å². The average molecular weight is 284 g/mol. The average Bonchev–Trinajstić information content (AvgIpc) is 2.75. The predicted octanol–water partition coefficient (Wildman–Crippen LogP) is 2.61. The zero-order valence-corrected chi connectivity index (χ0v) is 13.0. The van der Waals surface area contributed by atoms with Crippen molar-refractivity contribution in [3.63, 3.8) is 0 Å². The Balaban J connectivity index is 2.52. The molecule has 1 aliphatic carbocycles. The molecule has 0 saturated heterocycles. The maximum absolute atomic E-state index is 12.0. The van der Waals surface area contributed by atoms with Crippen molar-refractivity contribution >= 4 is 12.0 Å². The molecular formula is C15H28N2O3. The van der Waals surface area contributed by atoms with Gasteiger partial charge in [-0.05, 0) is 30.6 Å². The third kappa shape index (κ3) is 4.12. The maximum Gasteiger partial charge on any atom is 0.326 e. The molecule has 0 bridgehead atoms. The van der Waals surface area contributed by atoms with Crippen molar-refractivity contribution in [2.45, 2.75) is 65.5 Å². The molecule has 0 heterocycles. The second kappa shape index (κ2) is 7.50. The minimum absolute atomic E-state index is 0.0809. The van der Waals surface area contributed by atoms with Gasteiger partial charge >= 0.3 is 12.0 Å². The molecule has 20 heavy (non-hydrogen) atoms. The highest BCUT2D eigenvalue weighted by molar-refractivity contribution is 5.82. The molecule has 0 spiro atoms. The zero-order chi connectivity index (χ0) is 15.3. The molecule has 5 nitrogen and oxygen atoms in total. The van der Waals surface area contributed by atoms with Crippen molar-refractivity contribution < 1.29 is 14.7 Å². The summed E-state index contributed by atoms with van der Waals surface area (Å²) in [6.07, 6.45) is 3.96. The lowest BCUT2D eigenvalue weighted by Crippen LogP contribution is -2.52. The van der Waals surface area contributed by atoms with Gasteiger partial charge in [0.2, 0.25) is 0 Å². The molecule has 2 amide bonds. The quantitative estimate of drug-likeness (QED) is 0.701. The van der Waals surface area contributed by atoms with Crippen LogP contribution in [0.2, 0.25) is 0 Å². The number of nitrogens with one attached hydrogen (secondary N) is 2. The number of rotatable bonds is 6. The molecule has 0 aromatic heterocycles. The molecule has 1 saturated carbocycles. The summed E-state index contributed by atoms with van der Waals surface area (Å²) in [5, 5.41) is 14.7. The molecule has 0 radical (unpaired) electrons. The van der Waals surface area contributed by atoms with Crippen LogP contribution in [0.5, 0.6) is 0 Å². The van der Waals surface area contributed by atoms with Crippen molar-refractivity contribution in [2.24, 2.45) is 17.8 Å².